The molecule has 0 saturated carbocycles. The van der Waals surface area contributed by atoms with E-state index in [1.807, 2.05) is 19.1 Å². The second-order valence-electron chi connectivity index (χ2n) is 9.67. The average molecular weight is 538 g/mol. The summed E-state index contributed by atoms with van der Waals surface area (Å²) in [6, 6.07) is 5.71. The highest BCUT2D eigenvalue weighted by atomic mass is 19.4. The average Bonchev–Trinajstić information content (AvgIpc) is 3.42. The lowest BCUT2D eigenvalue weighted by molar-refractivity contribution is -0.385. The number of aryl methyl sites for hydroxylation is 2. The highest BCUT2D eigenvalue weighted by Gasteiger charge is 2.33. The van der Waals surface area contributed by atoms with Crippen molar-refractivity contribution >= 4 is 28.4 Å². The normalized spacial score (nSPS) is 14.6. The molecule has 4 heterocycles. The molecular formula is C27H26F3N7O2. The largest absolute Gasteiger partial charge is 0.416 e. The molecule has 0 spiro atoms. The third kappa shape index (κ3) is 5.31. The molecule has 0 radical (unpaired) electrons. The first-order chi connectivity index (χ1) is 18.5. The van der Waals surface area contributed by atoms with Crippen LogP contribution in [0.15, 0.2) is 42.7 Å². The van der Waals surface area contributed by atoms with Crippen LogP contribution in [0.25, 0.3) is 22.2 Å². The summed E-state index contributed by atoms with van der Waals surface area (Å²) in [5.74, 6) is 1.61. The zero-order valence-corrected chi connectivity index (χ0v) is 21.6. The van der Waals surface area contributed by atoms with Crippen LogP contribution in [0.3, 0.4) is 0 Å². The molecule has 0 aliphatic carbocycles. The van der Waals surface area contributed by atoms with Crippen LogP contribution in [0.5, 0.6) is 0 Å². The van der Waals surface area contributed by atoms with E-state index < -0.39 is 28.4 Å². The van der Waals surface area contributed by atoms with Crippen LogP contribution in [0, 0.1) is 24.0 Å². The van der Waals surface area contributed by atoms with Gasteiger partial charge in [-0.25, -0.2) is 15.0 Å². The summed E-state index contributed by atoms with van der Waals surface area (Å²) in [7, 11) is 0. The van der Waals surface area contributed by atoms with Crippen LogP contribution >= 0.6 is 0 Å². The fourth-order valence-electron chi connectivity index (χ4n) is 4.85. The Morgan fingerprint density at radius 2 is 1.79 bits per heavy atom. The van der Waals surface area contributed by atoms with Crippen LogP contribution in [0.2, 0.25) is 0 Å². The number of nitrogens with one attached hydrogen (secondary N) is 1. The molecule has 202 valence electrons. The fraction of sp³-hybridized carbons (Fsp3) is 0.333. The van der Waals surface area contributed by atoms with Gasteiger partial charge in [-0.3, -0.25) is 15.1 Å². The molecule has 1 saturated heterocycles. The first-order valence-electron chi connectivity index (χ1n) is 12.5. The summed E-state index contributed by atoms with van der Waals surface area (Å²) in [5, 5.41) is 15.1. The maximum Gasteiger partial charge on any atom is 0.416 e. The number of nitro groups is 1. The van der Waals surface area contributed by atoms with Crippen molar-refractivity contribution in [1.82, 2.24) is 19.9 Å². The molecule has 39 heavy (non-hydrogen) atoms. The van der Waals surface area contributed by atoms with Gasteiger partial charge in [-0.1, -0.05) is 0 Å². The van der Waals surface area contributed by atoms with E-state index in [1.54, 1.807) is 26.2 Å². The van der Waals surface area contributed by atoms with Gasteiger partial charge in [0.05, 0.1) is 21.9 Å². The molecule has 9 nitrogen and oxygen atoms in total. The van der Waals surface area contributed by atoms with Gasteiger partial charge in [-0.05, 0) is 68.5 Å². The topological polar surface area (TPSA) is 110 Å². The van der Waals surface area contributed by atoms with Gasteiger partial charge >= 0.3 is 6.18 Å². The molecule has 1 N–H and O–H groups in total. The quantitative estimate of drug-likeness (QED) is 0.222. The molecule has 1 aromatic carbocycles. The van der Waals surface area contributed by atoms with Gasteiger partial charge in [-0.2, -0.15) is 13.2 Å². The number of fused-ring (bicyclic) bond motifs is 1. The number of pyridine rings is 2. The minimum atomic E-state index is -4.73. The minimum Gasteiger partial charge on any atom is -0.363 e. The summed E-state index contributed by atoms with van der Waals surface area (Å²) >= 11 is 0. The maximum atomic E-state index is 13.5. The summed E-state index contributed by atoms with van der Waals surface area (Å²) in [4.78, 5) is 31.0. The molecule has 12 heteroatoms. The van der Waals surface area contributed by atoms with Crippen molar-refractivity contribution in [1.29, 1.82) is 0 Å². The predicted molar refractivity (Wildman–Crippen MR) is 142 cm³/mol. The Labute approximate surface area is 222 Å². The monoisotopic (exact) mass is 537 g/mol. The summed E-state index contributed by atoms with van der Waals surface area (Å²) in [6.07, 6.45) is 0.885. The number of aromatic nitrogens is 4. The van der Waals surface area contributed by atoms with E-state index in [2.05, 4.69) is 25.2 Å². The SMILES string of the molecule is Cc1nc(N[C@H](C)c2cc([N+](=O)[O-])cc(C(F)(F)F)c2)c2cc(-c3ccncc3C)c(N3CCCC3)nc2n1. The fourth-order valence-corrected chi connectivity index (χ4v) is 4.85. The molecule has 0 amide bonds. The Hall–Kier alpha value is -4.35. The zero-order chi connectivity index (χ0) is 27.9. The van der Waals surface area contributed by atoms with E-state index >= 15 is 0 Å². The van der Waals surface area contributed by atoms with E-state index in [0.29, 0.717) is 28.7 Å². The predicted octanol–water partition coefficient (Wildman–Crippen LogP) is 6.40. The Balaban J connectivity index is 1.64. The van der Waals surface area contributed by atoms with Gasteiger partial charge in [0, 0.05) is 43.2 Å². The molecule has 1 fully saturated rings. The minimum absolute atomic E-state index is 0.104. The molecular weight excluding hydrogens is 511 g/mol. The van der Waals surface area contributed by atoms with Crippen molar-refractivity contribution in [2.45, 2.75) is 45.8 Å². The van der Waals surface area contributed by atoms with Crippen molar-refractivity contribution in [2.24, 2.45) is 0 Å². The van der Waals surface area contributed by atoms with Crippen molar-refractivity contribution < 1.29 is 18.1 Å². The molecule has 0 bridgehead atoms. The number of anilines is 2. The van der Waals surface area contributed by atoms with Gasteiger partial charge in [-0.15, -0.1) is 0 Å². The molecule has 5 rings (SSSR count). The number of halogens is 3. The summed E-state index contributed by atoms with van der Waals surface area (Å²) in [5.41, 5.74) is 1.63. The Morgan fingerprint density at radius 3 is 2.46 bits per heavy atom. The van der Waals surface area contributed by atoms with Gasteiger partial charge in [0.15, 0.2) is 5.65 Å². The number of nitro benzene ring substituents is 1. The number of benzene rings is 1. The van der Waals surface area contributed by atoms with Crippen molar-refractivity contribution in [3.8, 4) is 11.1 Å². The molecule has 1 aliphatic heterocycles. The second-order valence-corrected chi connectivity index (χ2v) is 9.67. The van der Waals surface area contributed by atoms with E-state index in [4.69, 9.17) is 4.98 Å². The van der Waals surface area contributed by atoms with Crippen molar-refractivity contribution in [3.05, 3.63) is 75.4 Å². The van der Waals surface area contributed by atoms with E-state index in [0.717, 1.165) is 60.6 Å². The number of alkyl halides is 3. The highest BCUT2D eigenvalue weighted by Crippen LogP contribution is 2.38. The lowest BCUT2D eigenvalue weighted by Gasteiger charge is -2.23. The number of non-ortho nitro benzene ring substituents is 1. The van der Waals surface area contributed by atoms with Gasteiger partial charge < -0.3 is 10.2 Å². The summed E-state index contributed by atoms with van der Waals surface area (Å²) in [6.45, 7) is 7.05. The maximum absolute atomic E-state index is 13.5. The van der Waals surface area contributed by atoms with E-state index in [-0.39, 0.29) is 5.56 Å². The second kappa shape index (κ2) is 10.1. The first-order valence-corrected chi connectivity index (χ1v) is 12.5. The van der Waals surface area contributed by atoms with Crippen LogP contribution in [0.1, 0.15) is 48.3 Å². The van der Waals surface area contributed by atoms with Crippen molar-refractivity contribution in [2.75, 3.05) is 23.3 Å². The Morgan fingerprint density at radius 1 is 1.05 bits per heavy atom. The molecule has 1 aliphatic rings. The smallest absolute Gasteiger partial charge is 0.363 e. The van der Waals surface area contributed by atoms with E-state index in [1.165, 1.54) is 0 Å². The molecule has 3 aromatic heterocycles. The third-order valence-corrected chi connectivity index (χ3v) is 6.83. The Kier molecular flexibility index (Phi) is 6.79. The van der Waals surface area contributed by atoms with Crippen LogP contribution < -0.4 is 10.2 Å². The first kappa shape index (κ1) is 26.3. The highest BCUT2D eigenvalue weighted by molar-refractivity contribution is 5.94. The standard InChI is InChI=1S/C27H26F3N7O2/c1-15-14-31-7-6-21(15)22-13-23-24(33-17(3)34-25(23)35-26(22)36-8-4-5-9-36)32-16(2)18-10-19(27(28,29)30)12-20(11-18)37(38)39/h6-7,10-14,16H,4-5,8-9H2,1-3H3,(H,32,33,34,35)/t16-/m1/s1. The van der Waals surface area contributed by atoms with Gasteiger partial charge in [0.2, 0.25) is 0 Å². The van der Waals surface area contributed by atoms with Crippen LogP contribution in [-0.2, 0) is 6.18 Å². The molecule has 1 atom stereocenters. The van der Waals surface area contributed by atoms with E-state index in [9.17, 15) is 23.3 Å². The lowest BCUT2D eigenvalue weighted by Crippen LogP contribution is -2.20. The lowest BCUT2D eigenvalue weighted by atomic mass is 10.0. The number of hydrogen-bond donors (Lipinski definition) is 1. The number of nitrogens with zero attached hydrogens (tertiary/aromatic N) is 6. The third-order valence-electron chi connectivity index (χ3n) is 6.83. The van der Waals surface area contributed by atoms with Crippen LogP contribution in [-0.4, -0.2) is 37.9 Å². The Bertz CT molecular complexity index is 1570. The van der Waals surface area contributed by atoms with Crippen LogP contribution in [0.4, 0.5) is 30.5 Å². The number of hydrogen-bond acceptors (Lipinski definition) is 8. The summed E-state index contributed by atoms with van der Waals surface area (Å²) < 4.78 is 40.5. The van der Waals surface area contributed by atoms with Gasteiger partial charge in [0.25, 0.3) is 5.69 Å². The van der Waals surface area contributed by atoms with Gasteiger partial charge in [0.1, 0.15) is 17.5 Å². The molecule has 0 unspecified atom stereocenters. The zero-order valence-electron chi connectivity index (χ0n) is 21.6. The van der Waals surface area contributed by atoms with Crippen molar-refractivity contribution in [3.63, 3.8) is 0 Å². The number of rotatable bonds is 6. The molecule has 4 aromatic rings.